The van der Waals surface area contributed by atoms with E-state index in [1.54, 1.807) is 11.3 Å². The fraction of sp³-hybridized carbons (Fsp3) is 0.214. The van der Waals surface area contributed by atoms with Gasteiger partial charge in [-0.3, -0.25) is 4.79 Å². The van der Waals surface area contributed by atoms with Crippen LogP contribution in [0, 0.1) is 0 Å². The number of carbonyl (C=O) groups excluding carboxylic acids is 1. The van der Waals surface area contributed by atoms with Crippen molar-refractivity contribution in [3.63, 3.8) is 0 Å². The first kappa shape index (κ1) is 12.7. The van der Waals surface area contributed by atoms with Crippen molar-refractivity contribution in [2.45, 2.75) is 19.4 Å². The Morgan fingerprint density at radius 1 is 1.26 bits per heavy atom. The Kier molecular flexibility index (Phi) is 3.57. The highest BCUT2D eigenvalue weighted by atomic mass is 79.9. The van der Waals surface area contributed by atoms with Crippen LogP contribution in [-0.4, -0.2) is 5.91 Å². The Labute approximate surface area is 123 Å². The van der Waals surface area contributed by atoms with Gasteiger partial charge >= 0.3 is 0 Å². The number of hydrogen-bond donors (Lipinski definition) is 1. The lowest BCUT2D eigenvalue weighted by molar-refractivity contribution is -0.116. The maximum Gasteiger partial charge on any atom is 0.224 e. The van der Waals surface area contributed by atoms with E-state index in [0.717, 1.165) is 26.5 Å². The number of nitrogens with one attached hydrogen (secondary N) is 1. The van der Waals surface area contributed by atoms with Gasteiger partial charge in [-0.1, -0.05) is 6.07 Å². The molecule has 0 spiro atoms. The maximum absolute atomic E-state index is 11.4. The predicted molar refractivity (Wildman–Crippen MR) is 79.7 cm³/mol. The summed E-state index contributed by atoms with van der Waals surface area (Å²) in [6.45, 7) is 0.545. The van der Waals surface area contributed by atoms with Crippen LogP contribution in [0.25, 0.3) is 0 Å². The monoisotopic (exact) mass is 337 g/mol. The molecule has 1 aromatic carbocycles. The fourth-order valence-electron chi connectivity index (χ4n) is 2.02. The van der Waals surface area contributed by atoms with Crippen LogP contribution in [0.5, 0.6) is 5.75 Å². The maximum atomic E-state index is 11.4. The second-order valence-corrected chi connectivity index (χ2v) is 6.91. The van der Waals surface area contributed by atoms with Crippen molar-refractivity contribution in [2.24, 2.45) is 0 Å². The van der Waals surface area contributed by atoms with E-state index in [0.29, 0.717) is 13.0 Å². The summed E-state index contributed by atoms with van der Waals surface area (Å²) in [7, 11) is 0. The van der Waals surface area contributed by atoms with E-state index >= 15 is 0 Å². The quantitative estimate of drug-likeness (QED) is 0.920. The molecule has 98 valence electrons. The molecule has 2 aromatic rings. The predicted octanol–water partition coefficient (Wildman–Crippen LogP) is 3.97. The summed E-state index contributed by atoms with van der Waals surface area (Å²) in [4.78, 5) is 12.5. The average Bonchev–Trinajstić information content (AvgIpc) is 2.81. The van der Waals surface area contributed by atoms with Gasteiger partial charge < -0.3 is 10.1 Å². The van der Waals surface area contributed by atoms with Crippen LogP contribution < -0.4 is 10.1 Å². The molecular formula is C14H12BrNO2S. The standard InChI is InChI=1S/C14H12BrNO2S/c15-13-5-4-11(19-13)8-18-10-3-1-9-2-6-14(17)16-12(9)7-10/h1,3-5,7H,2,6,8H2,(H,16,17). The zero-order chi connectivity index (χ0) is 13.2. The molecule has 1 amide bonds. The first-order valence-corrected chi connectivity index (χ1v) is 7.61. The molecule has 2 heterocycles. The van der Waals surface area contributed by atoms with Crippen LogP contribution in [0.4, 0.5) is 5.69 Å². The van der Waals surface area contributed by atoms with E-state index in [9.17, 15) is 4.79 Å². The topological polar surface area (TPSA) is 38.3 Å². The van der Waals surface area contributed by atoms with E-state index < -0.39 is 0 Å². The van der Waals surface area contributed by atoms with E-state index in [4.69, 9.17) is 4.74 Å². The molecule has 19 heavy (non-hydrogen) atoms. The number of anilines is 1. The molecule has 1 aliphatic rings. The van der Waals surface area contributed by atoms with Crippen molar-refractivity contribution in [1.29, 1.82) is 0 Å². The number of thiophene rings is 1. The average molecular weight is 338 g/mol. The summed E-state index contributed by atoms with van der Waals surface area (Å²) in [6, 6.07) is 9.92. The van der Waals surface area contributed by atoms with Crippen LogP contribution >= 0.6 is 27.3 Å². The first-order chi connectivity index (χ1) is 9.20. The molecule has 0 unspecified atom stereocenters. The van der Waals surface area contributed by atoms with Gasteiger partial charge in [0, 0.05) is 23.1 Å². The van der Waals surface area contributed by atoms with Crippen molar-refractivity contribution in [3.8, 4) is 5.75 Å². The van der Waals surface area contributed by atoms with Crippen molar-refractivity contribution in [1.82, 2.24) is 0 Å². The van der Waals surface area contributed by atoms with Crippen molar-refractivity contribution in [3.05, 3.63) is 44.6 Å². The molecule has 3 nitrogen and oxygen atoms in total. The van der Waals surface area contributed by atoms with E-state index in [1.807, 2.05) is 30.3 Å². The molecular weight excluding hydrogens is 326 g/mol. The van der Waals surface area contributed by atoms with Crippen LogP contribution in [-0.2, 0) is 17.8 Å². The summed E-state index contributed by atoms with van der Waals surface area (Å²) in [5, 5.41) is 2.88. The van der Waals surface area contributed by atoms with Gasteiger partial charge in [0.15, 0.2) is 0 Å². The van der Waals surface area contributed by atoms with E-state index in [1.165, 1.54) is 5.56 Å². The molecule has 0 fully saturated rings. The lowest BCUT2D eigenvalue weighted by Crippen LogP contribution is -2.18. The molecule has 5 heteroatoms. The molecule has 0 saturated heterocycles. The van der Waals surface area contributed by atoms with Gasteiger partial charge in [-0.05, 0) is 46.1 Å². The van der Waals surface area contributed by atoms with Crippen LogP contribution in [0.2, 0.25) is 0 Å². The SMILES string of the molecule is O=C1CCc2ccc(OCc3ccc(Br)s3)cc2N1. The third kappa shape index (κ3) is 2.98. The number of halogens is 1. The summed E-state index contributed by atoms with van der Waals surface area (Å²) in [5.41, 5.74) is 2.05. The van der Waals surface area contributed by atoms with Crippen molar-refractivity contribution < 1.29 is 9.53 Å². The summed E-state index contributed by atoms with van der Waals surface area (Å²) < 4.78 is 6.85. The Bertz CT molecular complexity index is 624. The molecule has 0 bridgehead atoms. The zero-order valence-corrected chi connectivity index (χ0v) is 12.5. The van der Waals surface area contributed by atoms with Gasteiger partial charge in [-0.15, -0.1) is 11.3 Å². The van der Waals surface area contributed by atoms with Gasteiger partial charge in [0.2, 0.25) is 5.91 Å². The molecule has 0 radical (unpaired) electrons. The normalized spacial score (nSPS) is 13.8. The second kappa shape index (κ2) is 5.35. The van der Waals surface area contributed by atoms with Crippen molar-refractivity contribution in [2.75, 3.05) is 5.32 Å². The highest BCUT2D eigenvalue weighted by molar-refractivity contribution is 9.11. The minimum absolute atomic E-state index is 0.0758. The Morgan fingerprint density at radius 3 is 2.95 bits per heavy atom. The molecule has 1 N–H and O–H groups in total. The van der Waals surface area contributed by atoms with E-state index in [2.05, 4.69) is 21.2 Å². The Balaban J connectivity index is 1.71. The molecule has 0 saturated carbocycles. The molecule has 0 aliphatic carbocycles. The van der Waals surface area contributed by atoms with Gasteiger partial charge in [0.05, 0.1) is 3.79 Å². The number of fused-ring (bicyclic) bond motifs is 1. The smallest absolute Gasteiger partial charge is 0.224 e. The van der Waals surface area contributed by atoms with Crippen LogP contribution in [0.15, 0.2) is 34.1 Å². The second-order valence-electron chi connectivity index (χ2n) is 4.36. The minimum Gasteiger partial charge on any atom is -0.488 e. The van der Waals surface area contributed by atoms with Gasteiger partial charge in [0.25, 0.3) is 0 Å². The molecule has 0 atom stereocenters. The van der Waals surface area contributed by atoms with Gasteiger partial charge in [0.1, 0.15) is 12.4 Å². The number of benzene rings is 1. The summed E-state index contributed by atoms with van der Waals surface area (Å²) in [5.74, 6) is 0.859. The third-order valence-electron chi connectivity index (χ3n) is 2.99. The lowest BCUT2D eigenvalue weighted by atomic mass is 10.0. The highest BCUT2D eigenvalue weighted by Crippen LogP contribution is 2.28. The Hall–Kier alpha value is -1.33. The van der Waals surface area contributed by atoms with Crippen LogP contribution in [0.1, 0.15) is 16.9 Å². The Morgan fingerprint density at radius 2 is 2.16 bits per heavy atom. The fourth-order valence-corrected chi connectivity index (χ4v) is 3.42. The number of rotatable bonds is 3. The molecule has 1 aliphatic heterocycles. The highest BCUT2D eigenvalue weighted by Gasteiger charge is 2.15. The molecule has 1 aromatic heterocycles. The van der Waals surface area contributed by atoms with Gasteiger partial charge in [-0.25, -0.2) is 0 Å². The molecule has 3 rings (SSSR count). The number of carbonyl (C=O) groups is 1. The minimum atomic E-state index is 0.0758. The number of aryl methyl sites for hydroxylation is 1. The van der Waals surface area contributed by atoms with Crippen molar-refractivity contribution >= 4 is 38.9 Å². The summed E-state index contributed by atoms with van der Waals surface area (Å²) in [6.07, 6.45) is 1.37. The zero-order valence-electron chi connectivity index (χ0n) is 10.1. The number of amides is 1. The third-order valence-corrected chi connectivity index (χ3v) is 4.58. The van der Waals surface area contributed by atoms with Gasteiger partial charge in [-0.2, -0.15) is 0 Å². The largest absolute Gasteiger partial charge is 0.488 e. The van der Waals surface area contributed by atoms with Crippen LogP contribution in [0.3, 0.4) is 0 Å². The first-order valence-electron chi connectivity index (χ1n) is 6.00. The summed E-state index contributed by atoms with van der Waals surface area (Å²) >= 11 is 5.09. The lowest BCUT2D eigenvalue weighted by Gasteiger charge is -2.17. The number of hydrogen-bond acceptors (Lipinski definition) is 3. The number of ether oxygens (including phenoxy) is 1. The van der Waals surface area contributed by atoms with E-state index in [-0.39, 0.29) is 5.91 Å².